The van der Waals surface area contributed by atoms with Crippen molar-refractivity contribution in [3.05, 3.63) is 41.0 Å². The molecule has 1 aromatic rings. The average molecular weight is 160 g/mol. The first-order valence-electron chi connectivity index (χ1n) is 3.88. The van der Waals surface area contributed by atoms with Gasteiger partial charge in [0.1, 0.15) is 0 Å². The van der Waals surface area contributed by atoms with Gasteiger partial charge in [-0.25, -0.2) is 0 Å². The number of hydrogen-bond donors (Lipinski definition) is 0. The lowest BCUT2D eigenvalue weighted by atomic mass is 10.0. The zero-order valence-corrected chi connectivity index (χ0v) is 7.42. The highest BCUT2D eigenvalue weighted by molar-refractivity contribution is 5.80. The fourth-order valence-corrected chi connectivity index (χ4v) is 1.31. The van der Waals surface area contributed by atoms with Crippen LogP contribution in [-0.2, 0) is 0 Å². The Morgan fingerprint density at radius 3 is 2.08 bits per heavy atom. The molecule has 62 valence electrons. The first-order chi connectivity index (χ1) is 5.69. The van der Waals surface area contributed by atoms with E-state index in [2.05, 4.69) is 6.58 Å². The van der Waals surface area contributed by atoms with Gasteiger partial charge in [-0.05, 0) is 30.5 Å². The van der Waals surface area contributed by atoms with Crippen molar-refractivity contribution in [1.29, 1.82) is 0 Å². The van der Waals surface area contributed by atoms with Crippen LogP contribution in [0.3, 0.4) is 0 Å². The van der Waals surface area contributed by atoms with Gasteiger partial charge in [0.05, 0.1) is 0 Å². The van der Waals surface area contributed by atoms with Gasteiger partial charge in [-0.1, -0.05) is 24.8 Å². The maximum absolute atomic E-state index is 10.6. The summed E-state index contributed by atoms with van der Waals surface area (Å²) in [5.74, 6) is 0. The maximum Gasteiger partial charge on any atom is 0.150 e. The Kier molecular flexibility index (Phi) is 2.44. The van der Waals surface area contributed by atoms with Gasteiger partial charge in [0.25, 0.3) is 0 Å². The number of carbonyl (C=O) groups excluding carboxylic acids is 1. The van der Waals surface area contributed by atoms with Gasteiger partial charge in [-0.15, -0.1) is 0 Å². The molecule has 0 aliphatic heterocycles. The van der Waals surface area contributed by atoms with Crippen LogP contribution < -0.4 is 0 Å². The van der Waals surface area contributed by atoms with Gasteiger partial charge in [-0.2, -0.15) is 0 Å². The normalized spacial score (nSPS) is 9.50. The number of benzene rings is 1. The highest BCUT2D eigenvalue weighted by Crippen LogP contribution is 2.15. The van der Waals surface area contributed by atoms with Crippen LogP contribution in [0.1, 0.15) is 27.0 Å². The molecule has 0 aliphatic carbocycles. The summed E-state index contributed by atoms with van der Waals surface area (Å²) in [5.41, 5.74) is 3.89. The number of rotatable bonds is 2. The monoisotopic (exact) mass is 160 g/mol. The molecule has 0 N–H and O–H groups in total. The minimum absolute atomic E-state index is 0.792. The predicted molar refractivity (Wildman–Crippen MR) is 51.4 cm³/mol. The summed E-state index contributed by atoms with van der Waals surface area (Å²) in [6.45, 7) is 7.55. The predicted octanol–water partition coefficient (Wildman–Crippen LogP) is 2.76. The van der Waals surface area contributed by atoms with Crippen molar-refractivity contribution in [3.8, 4) is 0 Å². The Morgan fingerprint density at radius 1 is 1.25 bits per heavy atom. The molecule has 0 unspecified atom stereocenters. The summed E-state index contributed by atoms with van der Waals surface area (Å²) in [6.07, 6.45) is 2.69. The third kappa shape index (κ3) is 1.45. The van der Waals surface area contributed by atoms with Crippen LogP contribution in [0.4, 0.5) is 0 Å². The summed E-state index contributed by atoms with van der Waals surface area (Å²) in [6, 6.07) is 3.92. The standard InChI is InChI=1S/C11H12O/c1-4-10-5-8(2)11(7-12)9(3)6-10/h4-7H,1H2,2-3H3. The fourth-order valence-electron chi connectivity index (χ4n) is 1.31. The highest BCUT2D eigenvalue weighted by Gasteiger charge is 2.01. The molecule has 0 spiro atoms. The van der Waals surface area contributed by atoms with E-state index >= 15 is 0 Å². The summed E-state index contributed by atoms with van der Waals surface area (Å²) in [4.78, 5) is 10.6. The number of aldehydes is 1. The van der Waals surface area contributed by atoms with Gasteiger partial charge < -0.3 is 0 Å². The number of carbonyl (C=O) groups is 1. The molecule has 0 aliphatic rings. The Labute approximate surface area is 72.7 Å². The van der Waals surface area contributed by atoms with Gasteiger partial charge in [0.15, 0.2) is 6.29 Å². The number of aryl methyl sites for hydroxylation is 2. The first-order valence-corrected chi connectivity index (χ1v) is 3.88. The lowest BCUT2D eigenvalue weighted by molar-refractivity contribution is 0.112. The molecule has 0 aromatic heterocycles. The van der Waals surface area contributed by atoms with Crippen LogP contribution in [0.15, 0.2) is 18.7 Å². The molecule has 12 heavy (non-hydrogen) atoms. The molecule has 0 heterocycles. The molecule has 0 fully saturated rings. The van der Waals surface area contributed by atoms with Crippen molar-refractivity contribution >= 4 is 12.4 Å². The third-order valence-electron chi connectivity index (χ3n) is 1.97. The van der Waals surface area contributed by atoms with Crippen LogP contribution in [0.25, 0.3) is 6.08 Å². The Bertz CT molecular complexity index is 301. The first kappa shape index (κ1) is 8.72. The van der Waals surface area contributed by atoms with E-state index in [-0.39, 0.29) is 0 Å². The van der Waals surface area contributed by atoms with E-state index in [1.54, 1.807) is 6.08 Å². The number of hydrogen-bond acceptors (Lipinski definition) is 1. The van der Waals surface area contributed by atoms with E-state index in [0.29, 0.717) is 0 Å². The van der Waals surface area contributed by atoms with E-state index in [4.69, 9.17) is 0 Å². The molecular formula is C11H12O. The van der Waals surface area contributed by atoms with Crippen LogP contribution in [-0.4, -0.2) is 6.29 Å². The highest BCUT2D eigenvalue weighted by atomic mass is 16.1. The average Bonchev–Trinajstić information content (AvgIpc) is 2.03. The molecule has 0 amide bonds. The molecular weight excluding hydrogens is 148 g/mol. The maximum atomic E-state index is 10.6. The molecule has 1 rings (SSSR count). The minimum atomic E-state index is 0.792. The molecule has 0 saturated heterocycles. The van der Waals surface area contributed by atoms with Gasteiger partial charge in [-0.3, -0.25) is 4.79 Å². The second-order valence-corrected chi connectivity index (χ2v) is 2.89. The lowest BCUT2D eigenvalue weighted by Crippen LogP contribution is -1.91. The summed E-state index contributed by atoms with van der Waals surface area (Å²) >= 11 is 0. The van der Waals surface area contributed by atoms with E-state index in [1.807, 2.05) is 26.0 Å². The van der Waals surface area contributed by atoms with Crippen molar-refractivity contribution in [2.45, 2.75) is 13.8 Å². The minimum Gasteiger partial charge on any atom is -0.298 e. The Morgan fingerprint density at radius 2 is 1.75 bits per heavy atom. The largest absolute Gasteiger partial charge is 0.298 e. The molecule has 0 saturated carbocycles. The molecule has 0 atom stereocenters. The van der Waals surface area contributed by atoms with Crippen LogP contribution in [0, 0.1) is 13.8 Å². The smallest absolute Gasteiger partial charge is 0.150 e. The van der Waals surface area contributed by atoms with Crippen molar-refractivity contribution in [2.75, 3.05) is 0 Å². The molecule has 1 heteroatoms. The van der Waals surface area contributed by atoms with Crippen LogP contribution in [0.2, 0.25) is 0 Å². The van der Waals surface area contributed by atoms with Crippen LogP contribution >= 0.6 is 0 Å². The summed E-state index contributed by atoms with van der Waals surface area (Å²) < 4.78 is 0. The second-order valence-electron chi connectivity index (χ2n) is 2.89. The summed E-state index contributed by atoms with van der Waals surface area (Å²) in [5, 5.41) is 0. The van der Waals surface area contributed by atoms with Crippen molar-refractivity contribution < 1.29 is 4.79 Å². The fraction of sp³-hybridized carbons (Fsp3) is 0.182. The van der Waals surface area contributed by atoms with Crippen molar-refractivity contribution in [3.63, 3.8) is 0 Å². The van der Waals surface area contributed by atoms with Crippen LogP contribution in [0.5, 0.6) is 0 Å². The van der Waals surface area contributed by atoms with E-state index in [0.717, 1.165) is 28.5 Å². The topological polar surface area (TPSA) is 17.1 Å². The van der Waals surface area contributed by atoms with Gasteiger partial charge >= 0.3 is 0 Å². The lowest BCUT2D eigenvalue weighted by Gasteiger charge is -2.04. The van der Waals surface area contributed by atoms with Gasteiger partial charge in [0.2, 0.25) is 0 Å². The molecule has 0 radical (unpaired) electrons. The van der Waals surface area contributed by atoms with Crippen molar-refractivity contribution in [2.24, 2.45) is 0 Å². The molecule has 1 nitrogen and oxygen atoms in total. The second kappa shape index (κ2) is 3.35. The quantitative estimate of drug-likeness (QED) is 0.608. The summed E-state index contributed by atoms with van der Waals surface area (Å²) in [7, 11) is 0. The van der Waals surface area contributed by atoms with Gasteiger partial charge in [0, 0.05) is 5.56 Å². The Hall–Kier alpha value is -1.37. The van der Waals surface area contributed by atoms with Crippen molar-refractivity contribution in [1.82, 2.24) is 0 Å². The zero-order chi connectivity index (χ0) is 9.14. The van der Waals surface area contributed by atoms with E-state index < -0.39 is 0 Å². The van der Waals surface area contributed by atoms with E-state index in [1.165, 1.54) is 0 Å². The third-order valence-corrected chi connectivity index (χ3v) is 1.97. The Balaban J connectivity index is 3.36. The zero-order valence-electron chi connectivity index (χ0n) is 7.42. The molecule has 1 aromatic carbocycles. The SMILES string of the molecule is C=Cc1cc(C)c(C=O)c(C)c1. The molecule has 0 bridgehead atoms. The van der Waals surface area contributed by atoms with E-state index in [9.17, 15) is 4.79 Å².